The zero-order valence-corrected chi connectivity index (χ0v) is 16.1. The van der Waals surface area contributed by atoms with Gasteiger partial charge in [-0.05, 0) is 24.6 Å². The van der Waals surface area contributed by atoms with Gasteiger partial charge in [0.2, 0.25) is 0 Å². The fraction of sp³-hybridized carbons (Fsp3) is 0.105. The molecule has 0 saturated heterocycles. The molecule has 0 saturated carbocycles. The Bertz CT molecular complexity index is 950. The lowest BCUT2D eigenvalue weighted by molar-refractivity contribution is 0.0727. The van der Waals surface area contributed by atoms with Gasteiger partial charge in [0.15, 0.2) is 10.9 Å². The molecule has 0 aliphatic rings. The van der Waals surface area contributed by atoms with Crippen molar-refractivity contribution in [3.8, 4) is 5.75 Å². The highest BCUT2D eigenvalue weighted by Gasteiger charge is 2.18. The van der Waals surface area contributed by atoms with Gasteiger partial charge in [0, 0.05) is 5.75 Å². The monoisotopic (exact) mass is 404 g/mol. The van der Waals surface area contributed by atoms with Gasteiger partial charge in [-0.2, -0.15) is 0 Å². The van der Waals surface area contributed by atoms with Gasteiger partial charge in [-0.1, -0.05) is 76.9 Å². The standard InChI is InChI=1S/C19H14Cl2N2O2S/c1-12-5-4-6-13(9-12)11-26-19-22-10-15(21)17(23-19)18(24)25-16-8-3-2-7-14(16)20/h2-10H,11H2,1H3. The molecule has 0 radical (unpaired) electrons. The number of esters is 1. The van der Waals surface area contributed by atoms with E-state index in [0.29, 0.717) is 15.9 Å². The van der Waals surface area contributed by atoms with Crippen LogP contribution in [0.5, 0.6) is 5.75 Å². The van der Waals surface area contributed by atoms with Crippen LogP contribution in [0.4, 0.5) is 0 Å². The minimum Gasteiger partial charge on any atom is -0.420 e. The number of rotatable bonds is 5. The maximum atomic E-state index is 12.4. The third-order valence-electron chi connectivity index (χ3n) is 3.41. The molecule has 3 rings (SSSR count). The number of hydrogen-bond donors (Lipinski definition) is 0. The highest BCUT2D eigenvalue weighted by molar-refractivity contribution is 7.98. The third kappa shape index (κ3) is 4.75. The van der Waals surface area contributed by atoms with Crippen molar-refractivity contribution in [3.05, 3.63) is 81.6 Å². The molecule has 4 nitrogen and oxygen atoms in total. The summed E-state index contributed by atoms with van der Waals surface area (Å²) in [5, 5.41) is 0.907. The summed E-state index contributed by atoms with van der Waals surface area (Å²) in [6.07, 6.45) is 1.40. The molecule has 0 bridgehead atoms. The first kappa shape index (κ1) is 18.7. The van der Waals surface area contributed by atoms with Gasteiger partial charge in [0.05, 0.1) is 16.2 Å². The predicted molar refractivity (Wildman–Crippen MR) is 104 cm³/mol. The number of thioether (sulfide) groups is 1. The number of carbonyl (C=O) groups excluding carboxylic acids is 1. The number of aryl methyl sites for hydroxylation is 1. The predicted octanol–water partition coefficient (Wildman–Crippen LogP) is 5.60. The van der Waals surface area contributed by atoms with Gasteiger partial charge in [0.25, 0.3) is 0 Å². The highest BCUT2D eigenvalue weighted by atomic mass is 35.5. The zero-order chi connectivity index (χ0) is 18.5. The Morgan fingerprint density at radius 2 is 1.92 bits per heavy atom. The Hall–Kier alpha value is -2.08. The summed E-state index contributed by atoms with van der Waals surface area (Å²) < 4.78 is 5.29. The molecule has 132 valence electrons. The summed E-state index contributed by atoms with van der Waals surface area (Å²) in [4.78, 5) is 20.8. The lowest BCUT2D eigenvalue weighted by Gasteiger charge is -2.08. The van der Waals surface area contributed by atoms with Crippen molar-refractivity contribution in [1.82, 2.24) is 9.97 Å². The average Bonchev–Trinajstić information content (AvgIpc) is 2.63. The number of para-hydroxylation sites is 1. The first-order valence-corrected chi connectivity index (χ1v) is 9.44. The Morgan fingerprint density at radius 3 is 2.69 bits per heavy atom. The number of nitrogens with zero attached hydrogens (tertiary/aromatic N) is 2. The first-order chi connectivity index (χ1) is 12.5. The summed E-state index contributed by atoms with van der Waals surface area (Å²) in [5.74, 6) is 0.258. The minimum atomic E-state index is -0.678. The van der Waals surface area contributed by atoms with Crippen LogP contribution in [0.3, 0.4) is 0 Å². The van der Waals surface area contributed by atoms with E-state index in [1.54, 1.807) is 24.3 Å². The molecular formula is C19H14Cl2N2O2S. The molecule has 26 heavy (non-hydrogen) atoms. The Labute approximate surface area is 165 Å². The van der Waals surface area contributed by atoms with Crippen LogP contribution >= 0.6 is 35.0 Å². The summed E-state index contributed by atoms with van der Waals surface area (Å²) in [7, 11) is 0. The van der Waals surface area contributed by atoms with Crippen LogP contribution in [-0.2, 0) is 5.75 Å². The van der Waals surface area contributed by atoms with Gasteiger partial charge in [0.1, 0.15) is 5.75 Å². The molecule has 2 aromatic carbocycles. The van der Waals surface area contributed by atoms with Crippen molar-refractivity contribution in [2.45, 2.75) is 17.8 Å². The van der Waals surface area contributed by atoms with Crippen molar-refractivity contribution >= 4 is 40.9 Å². The van der Waals surface area contributed by atoms with E-state index in [9.17, 15) is 4.79 Å². The van der Waals surface area contributed by atoms with E-state index in [1.165, 1.54) is 23.5 Å². The van der Waals surface area contributed by atoms with Crippen molar-refractivity contribution in [1.29, 1.82) is 0 Å². The number of halogens is 2. The molecule has 0 fully saturated rings. The lowest BCUT2D eigenvalue weighted by atomic mass is 10.2. The third-order valence-corrected chi connectivity index (χ3v) is 4.93. The summed E-state index contributed by atoms with van der Waals surface area (Å²) in [5.41, 5.74) is 2.34. The van der Waals surface area contributed by atoms with Gasteiger partial charge >= 0.3 is 5.97 Å². The van der Waals surface area contributed by atoms with Crippen LogP contribution in [0.15, 0.2) is 59.9 Å². The van der Waals surface area contributed by atoms with Gasteiger partial charge < -0.3 is 4.74 Å². The second-order valence-corrected chi connectivity index (χ2v) is 7.20. The summed E-state index contributed by atoms with van der Waals surface area (Å²) >= 11 is 13.5. The first-order valence-electron chi connectivity index (χ1n) is 7.70. The van der Waals surface area contributed by atoms with Gasteiger partial charge in [-0.25, -0.2) is 14.8 Å². The van der Waals surface area contributed by atoms with E-state index >= 15 is 0 Å². The second kappa shape index (κ2) is 8.54. The minimum absolute atomic E-state index is 0.00771. The molecule has 3 aromatic rings. The van der Waals surface area contributed by atoms with Crippen LogP contribution in [0, 0.1) is 6.92 Å². The lowest BCUT2D eigenvalue weighted by Crippen LogP contribution is -2.12. The second-order valence-electron chi connectivity index (χ2n) is 5.45. The zero-order valence-electron chi connectivity index (χ0n) is 13.8. The number of hydrogen-bond acceptors (Lipinski definition) is 5. The smallest absolute Gasteiger partial charge is 0.364 e. The molecule has 1 heterocycles. The molecule has 0 spiro atoms. The van der Waals surface area contributed by atoms with Crippen LogP contribution < -0.4 is 4.74 Å². The van der Waals surface area contributed by atoms with Crippen LogP contribution in [-0.4, -0.2) is 15.9 Å². The topological polar surface area (TPSA) is 52.1 Å². The fourth-order valence-corrected chi connectivity index (χ4v) is 3.29. The maximum absolute atomic E-state index is 12.4. The van der Waals surface area contributed by atoms with E-state index in [4.69, 9.17) is 27.9 Å². The number of aromatic nitrogens is 2. The molecule has 0 amide bonds. The van der Waals surface area contributed by atoms with Crippen LogP contribution in [0.25, 0.3) is 0 Å². The molecule has 0 atom stereocenters. The quantitative estimate of drug-likeness (QED) is 0.239. The van der Waals surface area contributed by atoms with E-state index in [0.717, 1.165) is 5.56 Å². The average molecular weight is 405 g/mol. The van der Waals surface area contributed by atoms with E-state index < -0.39 is 5.97 Å². The fourth-order valence-electron chi connectivity index (χ4n) is 2.19. The summed E-state index contributed by atoms with van der Waals surface area (Å²) in [6, 6.07) is 14.9. The molecule has 0 N–H and O–H groups in total. The van der Waals surface area contributed by atoms with Crippen molar-refractivity contribution in [2.75, 3.05) is 0 Å². The van der Waals surface area contributed by atoms with Gasteiger partial charge in [-0.15, -0.1) is 0 Å². The summed E-state index contributed by atoms with van der Waals surface area (Å²) in [6.45, 7) is 2.04. The molecule has 0 aliphatic heterocycles. The largest absolute Gasteiger partial charge is 0.420 e. The van der Waals surface area contributed by atoms with Gasteiger partial charge in [-0.3, -0.25) is 0 Å². The van der Waals surface area contributed by atoms with Crippen LogP contribution in [0.1, 0.15) is 21.6 Å². The van der Waals surface area contributed by atoms with Crippen molar-refractivity contribution in [2.24, 2.45) is 0 Å². The molecule has 7 heteroatoms. The van der Waals surface area contributed by atoms with E-state index in [1.807, 2.05) is 25.1 Å². The number of ether oxygens (including phenoxy) is 1. The SMILES string of the molecule is Cc1cccc(CSc2ncc(Cl)c(C(=O)Oc3ccccc3Cl)n2)c1. The molecule has 1 aromatic heterocycles. The normalized spacial score (nSPS) is 10.6. The van der Waals surface area contributed by atoms with Crippen LogP contribution in [0.2, 0.25) is 10.0 Å². The highest BCUT2D eigenvalue weighted by Crippen LogP contribution is 2.26. The van der Waals surface area contributed by atoms with E-state index in [2.05, 4.69) is 16.0 Å². The Kier molecular flexibility index (Phi) is 6.14. The Balaban J connectivity index is 1.74. The molecule has 0 unspecified atom stereocenters. The number of benzene rings is 2. The maximum Gasteiger partial charge on any atom is 0.364 e. The number of carbonyl (C=O) groups is 1. The Morgan fingerprint density at radius 1 is 1.12 bits per heavy atom. The van der Waals surface area contributed by atoms with E-state index in [-0.39, 0.29) is 16.5 Å². The van der Waals surface area contributed by atoms with Crippen molar-refractivity contribution < 1.29 is 9.53 Å². The molecular weight excluding hydrogens is 391 g/mol. The molecule has 0 aliphatic carbocycles. The van der Waals surface area contributed by atoms with Crippen molar-refractivity contribution in [3.63, 3.8) is 0 Å².